The molecule has 0 spiro atoms. The first-order valence-electron chi connectivity index (χ1n) is 8.92. The lowest BCUT2D eigenvalue weighted by Crippen LogP contribution is -2.14. The Bertz CT molecular complexity index is 1040. The number of carbonyl (C=O) groups is 2. The number of carbonyl (C=O) groups excluding carboxylic acids is 2. The second-order valence-corrected chi connectivity index (χ2v) is 7.39. The van der Waals surface area contributed by atoms with Crippen LogP contribution in [-0.4, -0.2) is 35.9 Å². The van der Waals surface area contributed by atoms with E-state index in [9.17, 15) is 14.4 Å². The number of hydrogen-bond acceptors (Lipinski definition) is 6. The standard InChI is InChI=1S/C20H21N5O3S/c1-25(2)16-7-4-14(5-8-16)22-18(27)10-6-15-12-29-20(23-15)24-19(28)13-3-9-17(26)21-11-13/h3-5,7-9,11-12H,6,10H2,1-2H3,(H,21,26)(H,22,27)(H,23,24,28). The average molecular weight is 411 g/mol. The minimum absolute atomic E-state index is 0.102. The fourth-order valence-corrected chi connectivity index (χ4v) is 3.25. The molecule has 0 saturated carbocycles. The Hall–Kier alpha value is -3.46. The molecule has 0 radical (unpaired) electrons. The Morgan fingerprint density at radius 1 is 1.10 bits per heavy atom. The molecule has 9 heteroatoms. The zero-order valence-corrected chi connectivity index (χ0v) is 16.9. The molecule has 150 valence electrons. The van der Waals surface area contributed by atoms with Crippen molar-refractivity contribution in [2.75, 3.05) is 29.6 Å². The van der Waals surface area contributed by atoms with Gasteiger partial charge in [-0.3, -0.25) is 19.7 Å². The number of pyridine rings is 1. The van der Waals surface area contributed by atoms with Gasteiger partial charge in [0.25, 0.3) is 5.91 Å². The molecule has 0 unspecified atom stereocenters. The van der Waals surface area contributed by atoms with Crippen LogP contribution in [0.1, 0.15) is 22.5 Å². The number of anilines is 3. The highest BCUT2D eigenvalue weighted by molar-refractivity contribution is 7.14. The average Bonchev–Trinajstić information content (AvgIpc) is 3.14. The Morgan fingerprint density at radius 2 is 1.86 bits per heavy atom. The number of amides is 2. The first-order valence-corrected chi connectivity index (χ1v) is 9.80. The van der Waals surface area contributed by atoms with E-state index in [-0.39, 0.29) is 23.8 Å². The number of thiazole rings is 1. The molecule has 0 fully saturated rings. The molecule has 3 rings (SSSR count). The molecule has 3 aromatic rings. The zero-order chi connectivity index (χ0) is 20.8. The minimum atomic E-state index is -0.360. The van der Waals surface area contributed by atoms with E-state index in [1.165, 1.54) is 29.7 Å². The quantitative estimate of drug-likeness (QED) is 0.554. The summed E-state index contributed by atoms with van der Waals surface area (Å²) in [5.41, 5.74) is 2.59. The molecule has 0 atom stereocenters. The molecule has 0 bridgehead atoms. The van der Waals surface area contributed by atoms with Gasteiger partial charge in [-0.15, -0.1) is 11.3 Å². The second kappa shape index (κ2) is 9.16. The van der Waals surface area contributed by atoms with E-state index in [0.29, 0.717) is 17.1 Å². The molecule has 2 amide bonds. The number of aromatic amines is 1. The van der Waals surface area contributed by atoms with E-state index < -0.39 is 0 Å². The van der Waals surface area contributed by atoms with Crippen LogP contribution in [0, 0.1) is 0 Å². The van der Waals surface area contributed by atoms with Crippen LogP contribution < -0.4 is 21.1 Å². The third-order valence-corrected chi connectivity index (χ3v) is 4.90. The SMILES string of the molecule is CN(C)c1ccc(NC(=O)CCc2csc(NC(=O)c3ccc(=O)[nH]c3)n2)cc1. The smallest absolute Gasteiger partial charge is 0.258 e. The highest BCUT2D eigenvalue weighted by atomic mass is 32.1. The van der Waals surface area contributed by atoms with E-state index in [1.54, 1.807) is 0 Å². The Labute approximate surface area is 171 Å². The summed E-state index contributed by atoms with van der Waals surface area (Å²) in [6, 6.07) is 10.3. The van der Waals surface area contributed by atoms with Crippen LogP contribution in [0.3, 0.4) is 0 Å². The number of aryl methyl sites for hydroxylation is 1. The lowest BCUT2D eigenvalue weighted by atomic mass is 10.2. The minimum Gasteiger partial charge on any atom is -0.378 e. The van der Waals surface area contributed by atoms with Crippen molar-refractivity contribution in [1.29, 1.82) is 0 Å². The van der Waals surface area contributed by atoms with E-state index in [1.807, 2.05) is 48.6 Å². The summed E-state index contributed by atoms with van der Waals surface area (Å²) in [5, 5.41) is 7.79. The normalized spacial score (nSPS) is 10.4. The third kappa shape index (κ3) is 5.76. The maximum Gasteiger partial charge on any atom is 0.258 e. The van der Waals surface area contributed by atoms with E-state index in [0.717, 1.165) is 17.1 Å². The van der Waals surface area contributed by atoms with Gasteiger partial charge in [-0.05, 0) is 36.8 Å². The maximum atomic E-state index is 12.2. The van der Waals surface area contributed by atoms with Crippen molar-refractivity contribution in [2.24, 2.45) is 0 Å². The summed E-state index contributed by atoms with van der Waals surface area (Å²) < 4.78 is 0. The molecule has 1 aromatic carbocycles. The van der Waals surface area contributed by atoms with Gasteiger partial charge in [-0.1, -0.05) is 0 Å². The van der Waals surface area contributed by atoms with Crippen molar-refractivity contribution < 1.29 is 9.59 Å². The number of aromatic nitrogens is 2. The van der Waals surface area contributed by atoms with Crippen molar-refractivity contribution in [3.63, 3.8) is 0 Å². The van der Waals surface area contributed by atoms with Crippen LogP contribution in [0.4, 0.5) is 16.5 Å². The van der Waals surface area contributed by atoms with Gasteiger partial charge < -0.3 is 15.2 Å². The monoisotopic (exact) mass is 411 g/mol. The highest BCUT2D eigenvalue weighted by Gasteiger charge is 2.10. The first-order chi connectivity index (χ1) is 13.9. The summed E-state index contributed by atoms with van der Waals surface area (Å²) in [4.78, 5) is 44.1. The van der Waals surface area contributed by atoms with Gasteiger partial charge >= 0.3 is 0 Å². The lowest BCUT2D eigenvalue weighted by Gasteiger charge is -2.13. The topological polar surface area (TPSA) is 107 Å². The molecule has 2 heterocycles. The van der Waals surface area contributed by atoms with Gasteiger partial charge in [-0.25, -0.2) is 4.98 Å². The Balaban J connectivity index is 1.49. The zero-order valence-electron chi connectivity index (χ0n) is 16.1. The molecular weight excluding hydrogens is 390 g/mol. The van der Waals surface area contributed by atoms with Crippen molar-refractivity contribution in [1.82, 2.24) is 9.97 Å². The highest BCUT2D eigenvalue weighted by Crippen LogP contribution is 2.19. The Morgan fingerprint density at radius 3 is 2.52 bits per heavy atom. The number of hydrogen-bond donors (Lipinski definition) is 3. The molecule has 8 nitrogen and oxygen atoms in total. The number of H-pyrrole nitrogens is 1. The van der Waals surface area contributed by atoms with Gasteiger partial charge in [0.2, 0.25) is 11.5 Å². The van der Waals surface area contributed by atoms with Crippen LogP contribution >= 0.6 is 11.3 Å². The number of nitrogens with one attached hydrogen (secondary N) is 3. The van der Waals surface area contributed by atoms with Crippen molar-refractivity contribution in [3.8, 4) is 0 Å². The summed E-state index contributed by atoms with van der Waals surface area (Å²) >= 11 is 1.28. The molecule has 0 saturated heterocycles. The van der Waals surface area contributed by atoms with Crippen LogP contribution in [0.2, 0.25) is 0 Å². The van der Waals surface area contributed by atoms with Gasteiger partial charge in [0, 0.05) is 49.5 Å². The van der Waals surface area contributed by atoms with Gasteiger partial charge in [0.15, 0.2) is 5.13 Å². The predicted octanol–water partition coefficient (Wildman–Crippen LogP) is 2.72. The molecular formula is C20H21N5O3S. The van der Waals surface area contributed by atoms with Gasteiger partial charge in [0.1, 0.15) is 0 Å². The van der Waals surface area contributed by atoms with Crippen LogP contribution in [0.25, 0.3) is 0 Å². The molecule has 0 aliphatic carbocycles. The number of benzene rings is 1. The molecule has 29 heavy (non-hydrogen) atoms. The van der Waals surface area contributed by atoms with Crippen LogP contribution in [-0.2, 0) is 11.2 Å². The third-order valence-electron chi connectivity index (χ3n) is 4.09. The molecule has 0 aliphatic heterocycles. The maximum absolute atomic E-state index is 12.2. The fourth-order valence-electron chi connectivity index (χ4n) is 2.51. The molecule has 0 aliphatic rings. The molecule has 2 aromatic heterocycles. The van der Waals surface area contributed by atoms with E-state index in [4.69, 9.17) is 0 Å². The molecule has 3 N–H and O–H groups in total. The fraction of sp³-hybridized carbons (Fsp3) is 0.200. The van der Waals surface area contributed by atoms with Crippen LogP contribution in [0.15, 0.2) is 52.8 Å². The van der Waals surface area contributed by atoms with Crippen molar-refractivity contribution >= 4 is 39.7 Å². The summed E-state index contributed by atoms with van der Waals surface area (Å²) in [7, 11) is 3.91. The van der Waals surface area contributed by atoms with Crippen molar-refractivity contribution in [3.05, 3.63) is 69.6 Å². The predicted molar refractivity (Wildman–Crippen MR) is 115 cm³/mol. The van der Waals surface area contributed by atoms with Gasteiger partial charge in [-0.2, -0.15) is 0 Å². The number of rotatable bonds is 7. The van der Waals surface area contributed by atoms with Crippen molar-refractivity contribution in [2.45, 2.75) is 12.8 Å². The van der Waals surface area contributed by atoms with Crippen LogP contribution in [0.5, 0.6) is 0 Å². The second-order valence-electron chi connectivity index (χ2n) is 6.53. The summed E-state index contributed by atoms with van der Waals surface area (Å²) in [5.74, 6) is -0.463. The van der Waals surface area contributed by atoms with E-state index >= 15 is 0 Å². The van der Waals surface area contributed by atoms with E-state index in [2.05, 4.69) is 20.6 Å². The summed E-state index contributed by atoms with van der Waals surface area (Å²) in [6.45, 7) is 0. The first kappa shape index (κ1) is 20.3. The number of nitrogens with zero attached hydrogens (tertiary/aromatic N) is 2. The Kier molecular flexibility index (Phi) is 6.40. The lowest BCUT2D eigenvalue weighted by molar-refractivity contribution is -0.116. The van der Waals surface area contributed by atoms with Gasteiger partial charge in [0.05, 0.1) is 11.3 Å². The summed E-state index contributed by atoms with van der Waals surface area (Å²) in [6.07, 6.45) is 2.10. The largest absolute Gasteiger partial charge is 0.378 e.